The molecule has 1 rings (SSSR count). The molecule has 1 amide bonds. The first kappa shape index (κ1) is 13.2. The highest BCUT2D eigenvalue weighted by molar-refractivity contribution is 5.76. The molecule has 0 spiro atoms. The molecule has 0 saturated heterocycles. The van der Waals surface area contributed by atoms with E-state index in [-0.39, 0.29) is 18.5 Å². The van der Waals surface area contributed by atoms with Crippen LogP contribution in [0.4, 0.5) is 0 Å². The van der Waals surface area contributed by atoms with Crippen molar-refractivity contribution in [3.8, 4) is 6.07 Å². The van der Waals surface area contributed by atoms with Crippen molar-refractivity contribution < 1.29 is 4.79 Å². The molecule has 0 unspecified atom stereocenters. The number of hydrogen-bond acceptors (Lipinski definition) is 3. The van der Waals surface area contributed by atoms with Gasteiger partial charge in [0.2, 0.25) is 5.91 Å². The lowest BCUT2D eigenvalue weighted by molar-refractivity contribution is -0.119. The van der Waals surface area contributed by atoms with Gasteiger partial charge in [0.05, 0.1) is 18.2 Å². The highest BCUT2D eigenvalue weighted by atomic mass is 16.1. The summed E-state index contributed by atoms with van der Waals surface area (Å²) in [6.07, 6.45) is 0. The highest BCUT2D eigenvalue weighted by Gasteiger charge is 2.15. The number of hydrogen-bond donors (Lipinski definition) is 1. The topological polar surface area (TPSA) is 70.1 Å². The Hall–Kier alpha value is -1.86. The molecule has 0 aromatic heterocycles. The number of nitrogens with zero attached hydrogens (tertiary/aromatic N) is 2. The fourth-order valence-corrected chi connectivity index (χ4v) is 1.77. The van der Waals surface area contributed by atoms with E-state index >= 15 is 0 Å². The number of nitrogens with two attached hydrogens (primary N) is 1. The van der Waals surface area contributed by atoms with Gasteiger partial charge in [0, 0.05) is 6.04 Å². The molecule has 0 saturated carbocycles. The van der Waals surface area contributed by atoms with Crippen molar-refractivity contribution in [2.24, 2.45) is 5.73 Å². The van der Waals surface area contributed by atoms with E-state index in [1.807, 2.05) is 30.9 Å². The van der Waals surface area contributed by atoms with Gasteiger partial charge in [0.15, 0.2) is 0 Å². The van der Waals surface area contributed by atoms with Gasteiger partial charge in [0.25, 0.3) is 0 Å². The van der Waals surface area contributed by atoms with Crippen molar-refractivity contribution in [2.45, 2.75) is 19.9 Å². The van der Waals surface area contributed by atoms with Crippen molar-refractivity contribution >= 4 is 5.91 Å². The van der Waals surface area contributed by atoms with Gasteiger partial charge in [-0.05, 0) is 31.2 Å². The van der Waals surface area contributed by atoms with E-state index in [0.29, 0.717) is 5.56 Å². The predicted octanol–water partition coefficient (Wildman–Crippen LogP) is 1.43. The number of likely N-dealkylation sites (N-methyl/N-ethyl adjacent to an activating group) is 1. The fraction of sp³-hybridized carbons (Fsp3) is 0.385. The number of rotatable bonds is 5. The highest BCUT2D eigenvalue weighted by Crippen LogP contribution is 2.19. The molecule has 0 bridgehead atoms. The minimum absolute atomic E-state index is 0.111. The maximum atomic E-state index is 10.9. The summed E-state index contributed by atoms with van der Waals surface area (Å²) in [6, 6.07) is 9.57. The largest absolute Gasteiger partial charge is 0.369 e. The SMILES string of the molecule is CCN(CC(N)=O)[C@H](C)c1ccc(C#N)cc1. The van der Waals surface area contributed by atoms with Gasteiger partial charge in [-0.15, -0.1) is 0 Å². The summed E-state index contributed by atoms with van der Waals surface area (Å²) >= 11 is 0. The lowest BCUT2D eigenvalue weighted by atomic mass is 10.1. The van der Waals surface area contributed by atoms with Gasteiger partial charge in [-0.2, -0.15) is 5.26 Å². The summed E-state index contributed by atoms with van der Waals surface area (Å²) in [7, 11) is 0. The normalized spacial score (nSPS) is 12.1. The Morgan fingerprint density at radius 2 is 2.06 bits per heavy atom. The molecular weight excluding hydrogens is 214 g/mol. The first-order valence-corrected chi connectivity index (χ1v) is 5.61. The van der Waals surface area contributed by atoms with Crippen molar-refractivity contribution in [1.82, 2.24) is 4.90 Å². The van der Waals surface area contributed by atoms with Crippen molar-refractivity contribution in [3.05, 3.63) is 35.4 Å². The van der Waals surface area contributed by atoms with Gasteiger partial charge in [-0.3, -0.25) is 9.69 Å². The minimum atomic E-state index is -0.327. The van der Waals surface area contributed by atoms with E-state index in [9.17, 15) is 4.79 Å². The smallest absolute Gasteiger partial charge is 0.231 e. The first-order chi connectivity index (χ1) is 8.08. The van der Waals surface area contributed by atoms with Crippen molar-refractivity contribution in [3.63, 3.8) is 0 Å². The number of nitriles is 1. The summed E-state index contributed by atoms with van der Waals surface area (Å²) in [5.74, 6) is -0.327. The van der Waals surface area contributed by atoms with Crippen LogP contribution in [-0.4, -0.2) is 23.9 Å². The maximum Gasteiger partial charge on any atom is 0.231 e. The third-order valence-corrected chi connectivity index (χ3v) is 2.84. The Bertz CT molecular complexity index is 419. The molecule has 90 valence electrons. The van der Waals surface area contributed by atoms with Crippen LogP contribution in [0.3, 0.4) is 0 Å². The van der Waals surface area contributed by atoms with E-state index < -0.39 is 0 Å². The van der Waals surface area contributed by atoms with Crippen LogP contribution in [0.5, 0.6) is 0 Å². The second-order valence-electron chi connectivity index (χ2n) is 3.94. The summed E-state index contributed by atoms with van der Waals surface area (Å²) in [5, 5.41) is 8.72. The number of benzene rings is 1. The summed E-state index contributed by atoms with van der Waals surface area (Å²) in [6.45, 7) is 5.01. The van der Waals surface area contributed by atoms with E-state index in [2.05, 4.69) is 6.07 Å². The van der Waals surface area contributed by atoms with Gasteiger partial charge >= 0.3 is 0 Å². The lowest BCUT2D eigenvalue weighted by Gasteiger charge is -2.26. The average Bonchev–Trinajstić information content (AvgIpc) is 2.35. The number of carbonyl (C=O) groups excluding carboxylic acids is 1. The third kappa shape index (κ3) is 3.58. The van der Waals surface area contributed by atoms with Crippen LogP contribution in [0, 0.1) is 11.3 Å². The molecule has 2 N–H and O–H groups in total. The van der Waals surface area contributed by atoms with Gasteiger partial charge in [0.1, 0.15) is 0 Å². The maximum absolute atomic E-state index is 10.9. The minimum Gasteiger partial charge on any atom is -0.369 e. The van der Waals surface area contributed by atoms with Crippen LogP contribution in [0.15, 0.2) is 24.3 Å². The number of primary amides is 1. The van der Waals surface area contributed by atoms with E-state index in [1.54, 1.807) is 12.1 Å². The van der Waals surface area contributed by atoms with Crippen molar-refractivity contribution in [1.29, 1.82) is 5.26 Å². The van der Waals surface area contributed by atoms with Crippen LogP contribution in [-0.2, 0) is 4.79 Å². The molecule has 0 aliphatic rings. The monoisotopic (exact) mass is 231 g/mol. The molecule has 0 aliphatic heterocycles. The van der Waals surface area contributed by atoms with Crippen LogP contribution in [0.1, 0.15) is 31.0 Å². The molecule has 17 heavy (non-hydrogen) atoms. The molecule has 1 atom stereocenters. The number of amides is 1. The zero-order valence-corrected chi connectivity index (χ0v) is 10.2. The second kappa shape index (κ2) is 6.02. The van der Waals surface area contributed by atoms with Gasteiger partial charge < -0.3 is 5.73 Å². The molecule has 4 heteroatoms. The Morgan fingerprint density at radius 1 is 1.47 bits per heavy atom. The van der Waals surface area contributed by atoms with Crippen LogP contribution >= 0.6 is 0 Å². The Morgan fingerprint density at radius 3 is 2.47 bits per heavy atom. The Labute approximate surface area is 102 Å². The van der Waals surface area contributed by atoms with E-state index in [4.69, 9.17) is 11.0 Å². The third-order valence-electron chi connectivity index (χ3n) is 2.84. The molecule has 0 fully saturated rings. The van der Waals surface area contributed by atoms with Crippen molar-refractivity contribution in [2.75, 3.05) is 13.1 Å². The number of carbonyl (C=O) groups is 1. The zero-order chi connectivity index (χ0) is 12.8. The molecule has 0 heterocycles. The summed E-state index contributed by atoms with van der Waals surface area (Å²) in [4.78, 5) is 12.9. The Balaban J connectivity index is 2.82. The van der Waals surface area contributed by atoms with Gasteiger partial charge in [-0.25, -0.2) is 0 Å². The Kier molecular flexibility index (Phi) is 4.68. The molecule has 0 radical (unpaired) electrons. The van der Waals surface area contributed by atoms with E-state index in [1.165, 1.54) is 0 Å². The van der Waals surface area contributed by atoms with Crippen LogP contribution in [0.2, 0.25) is 0 Å². The molecule has 1 aromatic carbocycles. The predicted molar refractivity (Wildman–Crippen MR) is 66.0 cm³/mol. The van der Waals surface area contributed by atoms with E-state index in [0.717, 1.165) is 12.1 Å². The standard InChI is InChI=1S/C13H17N3O/c1-3-16(9-13(15)17)10(2)12-6-4-11(8-14)5-7-12/h4-7,10H,3,9H2,1-2H3,(H2,15,17)/t10-/m1/s1. The molecule has 0 aliphatic carbocycles. The molecule has 1 aromatic rings. The molecule has 4 nitrogen and oxygen atoms in total. The summed E-state index contributed by atoms with van der Waals surface area (Å²) in [5.41, 5.74) is 6.92. The summed E-state index contributed by atoms with van der Waals surface area (Å²) < 4.78 is 0. The second-order valence-corrected chi connectivity index (χ2v) is 3.94. The zero-order valence-electron chi connectivity index (χ0n) is 10.2. The van der Waals surface area contributed by atoms with Crippen LogP contribution < -0.4 is 5.73 Å². The molecular formula is C13H17N3O. The average molecular weight is 231 g/mol. The lowest BCUT2D eigenvalue weighted by Crippen LogP contribution is -2.35. The van der Waals surface area contributed by atoms with Crippen LogP contribution in [0.25, 0.3) is 0 Å². The fourth-order valence-electron chi connectivity index (χ4n) is 1.77. The first-order valence-electron chi connectivity index (χ1n) is 5.61. The quantitative estimate of drug-likeness (QED) is 0.833. The van der Waals surface area contributed by atoms with Gasteiger partial charge in [-0.1, -0.05) is 19.1 Å².